The van der Waals surface area contributed by atoms with E-state index in [1.54, 1.807) is 12.1 Å². The summed E-state index contributed by atoms with van der Waals surface area (Å²) in [6.45, 7) is 10.6. The van der Waals surface area contributed by atoms with Gasteiger partial charge in [-0.05, 0) is 30.5 Å². The van der Waals surface area contributed by atoms with Crippen LogP contribution < -0.4 is 5.43 Å². The van der Waals surface area contributed by atoms with Crippen LogP contribution in [-0.4, -0.2) is 59.8 Å². The first-order valence-electron chi connectivity index (χ1n) is 10.3. The van der Waals surface area contributed by atoms with E-state index in [1.807, 2.05) is 12.1 Å². The van der Waals surface area contributed by atoms with E-state index < -0.39 is 0 Å². The number of phenols is 1. The van der Waals surface area contributed by atoms with E-state index in [2.05, 4.69) is 58.1 Å². The van der Waals surface area contributed by atoms with E-state index in [0.717, 1.165) is 38.3 Å². The molecule has 30 heavy (non-hydrogen) atoms. The fraction of sp³-hybridized carbons (Fsp3) is 0.333. The van der Waals surface area contributed by atoms with Crippen molar-refractivity contribution in [2.75, 3.05) is 32.7 Å². The maximum atomic E-state index is 12.2. The van der Waals surface area contributed by atoms with E-state index in [0.29, 0.717) is 18.5 Å². The molecule has 1 amide bonds. The standard InChI is InChI=1S/C24H30N4O2/c1-3-5-21-6-4-7-22(24(21)30)16-25-26-23(29)18-28-14-12-27(13-15-28)17-20-10-8-19(2)9-11-20/h3-4,6-11,16,30H,1,5,12-15,17-18H2,2H3,(H,26,29)/b25-16+. The van der Waals surface area contributed by atoms with E-state index >= 15 is 0 Å². The highest BCUT2D eigenvalue weighted by molar-refractivity contribution is 5.86. The number of nitrogens with one attached hydrogen (secondary N) is 1. The molecular formula is C24H30N4O2. The zero-order valence-electron chi connectivity index (χ0n) is 17.6. The number of piperazine rings is 1. The quantitative estimate of drug-likeness (QED) is 0.402. The van der Waals surface area contributed by atoms with E-state index in [1.165, 1.54) is 17.3 Å². The highest BCUT2D eigenvalue weighted by Crippen LogP contribution is 2.21. The first-order chi connectivity index (χ1) is 14.5. The van der Waals surface area contributed by atoms with Gasteiger partial charge in [0.25, 0.3) is 5.91 Å². The monoisotopic (exact) mass is 406 g/mol. The van der Waals surface area contributed by atoms with Crippen LogP contribution in [0.5, 0.6) is 5.75 Å². The van der Waals surface area contributed by atoms with Gasteiger partial charge < -0.3 is 5.11 Å². The Morgan fingerprint density at radius 1 is 1.13 bits per heavy atom. The Morgan fingerprint density at radius 3 is 2.53 bits per heavy atom. The third-order valence-corrected chi connectivity index (χ3v) is 5.27. The largest absolute Gasteiger partial charge is 0.507 e. The summed E-state index contributed by atoms with van der Waals surface area (Å²) in [6.07, 6.45) is 3.79. The van der Waals surface area contributed by atoms with Gasteiger partial charge in [-0.3, -0.25) is 14.6 Å². The maximum absolute atomic E-state index is 12.2. The molecule has 2 N–H and O–H groups in total. The number of allylic oxidation sites excluding steroid dienone is 1. The van der Waals surface area contributed by atoms with Crippen molar-refractivity contribution >= 4 is 12.1 Å². The zero-order valence-corrected chi connectivity index (χ0v) is 17.6. The molecular weight excluding hydrogens is 376 g/mol. The Morgan fingerprint density at radius 2 is 1.83 bits per heavy atom. The topological polar surface area (TPSA) is 68.2 Å². The first-order valence-corrected chi connectivity index (χ1v) is 10.3. The number of nitrogens with zero attached hydrogens (tertiary/aromatic N) is 3. The zero-order chi connectivity index (χ0) is 21.3. The molecule has 1 aliphatic heterocycles. The maximum Gasteiger partial charge on any atom is 0.254 e. The molecule has 1 saturated heterocycles. The van der Waals surface area contributed by atoms with Crippen molar-refractivity contribution in [3.63, 3.8) is 0 Å². The summed E-state index contributed by atoms with van der Waals surface area (Å²) >= 11 is 0. The Hall–Kier alpha value is -2.96. The van der Waals surface area contributed by atoms with Gasteiger partial charge in [-0.15, -0.1) is 6.58 Å². The average Bonchev–Trinajstić information content (AvgIpc) is 2.74. The van der Waals surface area contributed by atoms with Crippen molar-refractivity contribution < 1.29 is 9.90 Å². The summed E-state index contributed by atoms with van der Waals surface area (Å²) in [5.74, 6) is 0.0140. The lowest BCUT2D eigenvalue weighted by Crippen LogP contribution is -2.48. The summed E-state index contributed by atoms with van der Waals surface area (Å²) < 4.78 is 0. The SMILES string of the molecule is C=CCc1cccc(/C=N/NC(=O)CN2CCN(Cc3ccc(C)cc3)CC2)c1O. The second kappa shape index (κ2) is 10.7. The van der Waals surface area contributed by atoms with Gasteiger partial charge in [0, 0.05) is 38.3 Å². The smallest absolute Gasteiger partial charge is 0.254 e. The molecule has 0 saturated carbocycles. The number of carbonyl (C=O) groups excluding carboxylic acids is 1. The van der Waals surface area contributed by atoms with Gasteiger partial charge in [0.15, 0.2) is 0 Å². The van der Waals surface area contributed by atoms with Crippen molar-refractivity contribution in [1.82, 2.24) is 15.2 Å². The second-order valence-electron chi connectivity index (χ2n) is 7.68. The van der Waals surface area contributed by atoms with E-state index in [-0.39, 0.29) is 11.7 Å². The van der Waals surface area contributed by atoms with Crippen LogP contribution in [0.2, 0.25) is 0 Å². The number of rotatable bonds is 8. The molecule has 6 heteroatoms. The Kier molecular flexibility index (Phi) is 7.76. The van der Waals surface area contributed by atoms with Crippen LogP contribution in [0.3, 0.4) is 0 Å². The minimum atomic E-state index is -0.153. The molecule has 0 aromatic heterocycles. The van der Waals surface area contributed by atoms with Gasteiger partial charge in [0.1, 0.15) is 5.75 Å². The number of hydrogen-bond acceptors (Lipinski definition) is 5. The lowest BCUT2D eigenvalue weighted by Gasteiger charge is -2.34. The number of aromatic hydroxyl groups is 1. The number of carbonyl (C=O) groups is 1. The van der Waals surface area contributed by atoms with Crippen molar-refractivity contribution in [3.8, 4) is 5.75 Å². The number of para-hydroxylation sites is 1. The Balaban J connectivity index is 1.42. The number of phenolic OH excluding ortho intramolecular Hbond substituents is 1. The molecule has 158 valence electrons. The molecule has 2 aromatic rings. The van der Waals surface area contributed by atoms with Gasteiger partial charge in [-0.2, -0.15) is 5.10 Å². The van der Waals surface area contributed by atoms with Gasteiger partial charge in [0.05, 0.1) is 12.8 Å². The minimum Gasteiger partial charge on any atom is -0.507 e. The normalized spacial score (nSPS) is 15.4. The molecule has 0 atom stereocenters. The predicted molar refractivity (Wildman–Crippen MR) is 121 cm³/mol. The minimum absolute atomic E-state index is 0.153. The fourth-order valence-corrected chi connectivity index (χ4v) is 3.51. The van der Waals surface area contributed by atoms with Crippen LogP contribution in [0.25, 0.3) is 0 Å². The summed E-state index contributed by atoms with van der Waals surface area (Å²) in [6, 6.07) is 14.1. The van der Waals surface area contributed by atoms with E-state index in [4.69, 9.17) is 0 Å². The lowest BCUT2D eigenvalue weighted by molar-refractivity contribution is -0.122. The predicted octanol–water partition coefficient (Wildman–Crippen LogP) is 2.70. The van der Waals surface area contributed by atoms with Crippen molar-refractivity contribution in [3.05, 3.63) is 77.4 Å². The fourth-order valence-electron chi connectivity index (χ4n) is 3.51. The Labute approximate surface area is 178 Å². The summed E-state index contributed by atoms with van der Waals surface area (Å²) in [4.78, 5) is 16.8. The highest BCUT2D eigenvalue weighted by Gasteiger charge is 2.18. The van der Waals surface area contributed by atoms with Gasteiger partial charge in [-0.1, -0.05) is 48.0 Å². The van der Waals surface area contributed by atoms with Crippen LogP contribution in [0.1, 0.15) is 22.3 Å². The molecule has 0 spiro atoms. The van der Waals surface area contributed by atoms with Crippen LogP contribution >= 0.6 is 0 Å². The second-order valence-corrected chi connectivity index (χ2v) is 7.68. The van der Waals surface area contributed by atoms with Crippen LogP contribution in [0.15, 0.2) is 60.2 Å². The third kappa shape index (κ3) is 6.27. The Bertz CT molecular complexity index is 885. The molecule has 0 bridgehead atoms. The summed E-state index contributed by atoms with van der Waals surface area (Å²) in [7, 11) is 0. The highest BCUT2D eigenvalue weighted by atomic mass is 16.3. The number of benzene rings is 2. The lowest BCUT2D eigenvalue weighted by atomic mass is 10.1. The van der Waals surface area contributed by atoms with Crippen LogP contribution in [0.4, 0.5) is 0 Å². The molecule has 1 heterocycles. The molecule has 0 radical (unpaired) electrons. The van der Waals surface area contributed by atoms with Gasteiger partial charge in [0.2, 0.25) is 0 Å². The summed E-state index contributed by atoms with van der Waals surface area (Å²) in [5, 5.41) is 14.2. The van der Waals surface area contributed by atoms with Gasteiger partial charge >= 0.3 is 0 Å². The van der Waals surface area contributed by atoms with Crippen molar-refractivity contribution in [2.45, 2.75) is 19.9 Å². The molecule has 3 rings (SSSR count). The van der Waals surface area contributed by atoms with Crippen molar-refractivity contribution in [1.29, 1.82) is 0 Å². The molecule has 2 aromatic carbocycles. The molecule has 1 fully saturated rings. The number of amides is 1. The molecule has 0 aliphatic carbocycles. The molecule has 0 unspecified atom stereocenters. The number of hydrogen-bond donors (Lipinski definition) is 2. The number of hydrazone groups is 1. The average molecular weight is 407 g/mol. The van der Waals surface area contributed by atoms with Crippen LogP contribution in [0, 0.1) is 6.92 Å². The molecule has 1 aliphatic rings. The third-order valence-electron chi connectivity index (χ3n) is 5.27. The van der Waals surface area contributed by atoms with Gasteiger partial charge in [-0.25, -0.2) is 5.43 Å². The van der Waals surface area contributed by atoms with Crippen LogP contribution in [-0.2, 0) is 17.8 Å². The first kappa shape index (κ1) is 21.7. The number of aryl methyl sites for hydroxylation is 1. The van der Waals surface area contributed by atoms with Crippen molar-refractivity contribution in [2.24, 2.45) is 5.10 Å². The molecule has 6 nitrogen and oxygen atoms in total. The summed E-state index contributed by atoms with van der Waals surface area (Å²) in [5.41, 5.74) is 6.50. The van der Waals surface area contributed by atoms with E-state index in [9.17, 15) is 9.90 Å².